The molecule has 0 spiro atoms. The number of nitrogens with two attached hydrogens (primary N) is 1. The quantitative estimate of drug-likeness (QED) is 0.865. The first-order valence-electron chi connectivity index (χ1n) is 5.94. The summed E-state index contributed by atoms with van der Waals surface area (Å²) in [5.74, 6) is -0.450. The lowest BCUT2D eigenvalue weighted by Gasteiger charge is -2.23. The summed E-state index contributed by atoms with van der Waals surface area (Å²) in [6.07, 6.45) is 0.686. The third-order valence-electron chi connectivity index (χ3n) is 3.15. The van der Waals surface area contributed by atoms with Crippen LogP contribution in [0.15, 0.2) is 23.1 Å². The number of ether oxygens (including phenoxy) is 1. The molecule has 1 aromatic carbocycles. The highest BCUT2D eigenvalue weighted by Gasteiger charge is 2.32. The van der Waals surface area contributed by atoms with Crippen molar-refractivity contribution in [3.8, 4) is 0 Å². The Morgan fingerprint density at radius 2 is 2.20 bits per heavy atom. The fourth-order valence-corrected chi connectivity index (χ4v) is 2.71. The van der Waals surface area contributed by atoms with Crippen LogP contribution >= 0.6 is 11.6 Å². The van der Waals surface area contributed by atoms with Gasteiger partial charge >= 0.3 is 0 Å². The second-order valence-electron chi connectivity index (χ2n) is 5.00. The normalized spacial score (nSPS) is 22.8. The molecular weight excluding hydrogens is 304 g/mol. The van der Waals surface area contributed by atoms with Crippen molar-refractivity contribution in [2.24, 2.45) is 5.14 Å². The van der Waals surface area contributed by atoms with E-state index >= 15 is 0 Å². The summed E-state index contributed by atoms with van der Waals surface area (Å²) < 4.78 is 27.9. The van der Waals surface area contributed by atoms with Crippen LogP contribution in [0, 0.1) is 0 Å². The zero-order chi connectivity index (χ0) is 15.0. The van der Waals surface area contributed by atoms with Gasteiger partial charge in [-0.2, -0.15) is 0 Å². The SMILES string of the molecule is CC1(NC(=O)c2cc(S(N)(=O)=O)ccc2Cl)CCOC1. The summed E-state index contributed by atoms with van der Waals surface area (Å²) in [5, 5.41) is 8.01. The predicted molar refractivity (Wildman–Crippen MR) is 74.1 cm³/mol. The number of carbonyl (C=O) groups excluding carboxylic acids is 1. The molecule has 6 nitrogen and oxygen atoms in total. The van der Waals surface area contributed by atoms with Crippen LogP contribution in [0.1, 0.15) is 23.7 Å². The Kier molecular flexibility index (Phi) is 4.06. The van der Waals surface area contributed by atoms with Gasteiger partial charge in [0.1, 0.15) is 0 Å². The van der Waals surface area contributed by atoms with Gasteiger partial charge in [0.2, 0.25) is 10.0 Å². The Balaban J connectivity index is 2.30. The summed E-state index contributed by atoms with van der Waals surface area (Å²) >= 11 is 5.94. The highest BCUT2D eigenvalue weighted by atomic mass is 35.5. The van der Waals surface area contributed by atoms with Crippen molar-refractivity contribution in [1.29, 1.82) is 0 Å². The van der Waals surface area contributed by atoms with Crippen LogP contribution in [0.25, 0.3) is 0 Å². The van der Waals surface area contributed by atoms with E-state index in [2.05, 4.69) is 5.32 Å². The first kappa shape index (κ1) is 15.2. The van der Waals surface area contributed by atoms with E-state index in [0.717, 1.165) is 0 Å². The monoisotopic (exact) mass is 318 g/mol. The number of nitrogens with one attached hydrogen (secondary N) is 1. The van der Waals surface area contributed by atoms with Crippen LogP contribution in [0.3, 0.4) is 0 Å². The van der Waals surface area contributed by atoms with Crippen molar-refractivity contribution in [3.05, 3.63) is 28.8 Å². The predicted octanol–water partition coefficient (Wildman–Crippen LogP) is 0.896. The summed E-state index contributed by atoms with van der Waals surface area (Å²) in [4.78, 5) is 12.1. The Hall–Kier alpha value is -1.15. The minimum atomic E-state index is -3.88. The van der Waals surface area contributed by atoms with E-state index in [0.29, 0.717) is 19.6 Å². The summed E-state index contributed by atoms with van der Waals surface area (Å²) in [6.45, 7) is 2.84. The number of rotatable bonds is 3. The number of carbonyl (C=O) groups is 1. The number of hydrogen-bond acceptors (Lipinski definition) is 4. The largest absolute Gasteiger partial charge is 0.379 e. The van der Waals surface area contributed by atoms with Gasteiger partial charge in [0, 0.05) is 6.61 Å². The van der Waals surface area contributed by atoms with Crippen molar-refractivity contribution < 1.29 is 17.9 Å². The average Bonchev–Trinajstić information content (AvgIpc) is 2.74. The van der Waals surface area contributed by atoms with E-state index in [1.165, 1.54) is 18.2 Å². The highest BCUT2D eigenvalue weighted by Crippen LogP contribution is 2.23. The molecule has 1 heterocycles. The minimum absolute atomic E-state index is 0.0753. The number of hydrogen-bond donors (Lipinski definition) is 2. The van der Waals surface area contributed by atoms with E-state index in [1.807, 2.05) is 6.92 Å². The van der Waals surface area contributed by atoms with E-state index in [1.54, 1.807) is 0 Å². The Morgan fingerprint density at radius 3 is 2.75 bits per heavy atom. The van der Waals surface area contributed by atoms with E-state index in [9.17, 15) is 13.2 Å². The zero-order valence-electron chi connectivity index (χ0n) is 10.8. The molecule has 1 atom stereocenters. The first-order valence-corrected chi connectivity index (χ1v) is 7.86. The van der Waals surface area contributed by atoms with Gasteiger partial charge in [-0.1, -0.05) is 11.6 Å². The Morgan fingerprint density at radius 1 is 1.50 bits per heavy atom. The lowest BCUT2D eigenvalue weighted by molar-refractivity contribution is 0.0890. The van der Waals surface area contributed by atoms with Crippen LogP contribution in [-0.4, -0.2) is 33.1 Å². The summed E-state index contributed by atoms with van der Waals surface area (Å²) in [7, 11) is -3.88. The molecule has 1 unspecified atom stereocenters. The second kappa shape index (κ2) is 5.33. The molecule has 3 N–H and O–H groups in total. The highest BCUT2D eigenvalue weighted by molar-refractivity contribution is 7.89. The fourth-order valence-electron chi connectivity index (χ4n) is 1.96. The van der Waals surface area contributed by atoms with Crippen molar-refractivity contribution in [2.75, 3.05) is 13.2 Å². The van der Waals surface area contributed by atoms with Gasteiger partial charge in [-0.15, -0.1) is 0 Å². The van der Waals surface area contributed by atoms with Gasteiger partial charge in [0.15, 0.2) is 0 Å². The minimum Gasteiger partial charge on any atom is -0.379 e. The van der Waals surface area contributed by atoms with Crippen molar-refractivity contribution >= 4 is 27.5 Å². The standard InChI is InChI=1S/C12H15ClN2O4S/c1-12(4-5-19-7-12)15-11(16)9-6-8(20(14,17)18)2-3-10(9)13/h2-3,6H,4-5,7H2,1H3,(H,15,16)(H2,14,17,18). The molecule has 110 valence electrons. The molecule has 2 rings (SSSR count). The van der Waals surface area contributed by atoms with Gasteiger partial charge in [-0.3, -0.25) is 4.79 Å². The molecule has 8 heteroatoms. The first-order chi connectivity index (χ1) is 9.21. The number of sulfonamides is 1. The molecule has 1 aliphatic rings. The third-order valence-corrected chi connectivity index (χ3v) is 4.39. The molecule has 0 bridgehead atoms. The van der Waals surface area contributed by atoms with E-state index in [4.69, 9.17) is 21.5 Å². The lowest BCUT2D eigenvalue weighted by atomic mass is 10.0. The maximum Gasteiger partial charge on any atom is 0.253 e. The molecule has 1 amide bonds. The third kappa shape index (κ3) is 3.29. The molecular formula is C12H15ClN2O4S. The van der Waals surface area contributed by atoms with E-state index < -0.39 is 21.5 Å². The Bertz CT molecular complexity index is 639. The van der Waals surface area contributed by atoms with E-state index in [-0.39, 0.29) is 15.5 Å². The molecule has 1 aromatic rings. The number of benzene rings is 1. The van der Waals surface area contributed by atoms with Crippen molar-refractivity contribution in [3.63, 3.8) is 0 Å². The van der Waals surface area contributed by atoms with Gasteiger partial charge < -0.3 is 10.1 Å². The van der Waals surface area contributed by atoms with Crippen LogP contribution in [-0.2, 0) is 14.8 Å². The Labute approximate surface area is 122 Å². The average molecular weight is 319 g/mol. The van der Waals surface area contributed by atoms with Crippen LogP contribution in [0.2, 0.25) is 5.02 Å². The summed E-state index contributed by atoms with van der Waals surface area (Å²) in [6, 6.07) is 3.77. The van der Waals surface area contributed by atoms with Crippen molar-refractivity contribution in [1.82, 2.24) is 5.32 Å². The zero-order valence-corrected chi connectivity index (χ0v) is 12.4. The van der Waals surface area contributed by atoms with Crippen LogP contribution < -0.4 is 10.5 Å². The number of halogens is 1. The number of primary sulfonamides is 1. The smallest absolute Gasteiger partial charge is 0.253 e. The molecule has 1 fully saturated rings. The molecule has 0 aliphatic carbocycles. The lowest BCUT2D eigenvalue weighted by Crippen LogP contribution is -2.46. The molecule has 1 aliphatic heterocycles. The maximum absolute atomic E-state index is 12.2. The maximum atomic E-state index is 12.2. The molecule has 20 heavy (non-hydrogen) atoms. The van der Waals surface area contributed by atoms with Crippen LogP contribution in [0.4, 0.5) is 0 Å². The molecule has 0 saturated carbocycles. The van der Waals surface area contributed by atoms with Gasteiger partial charge in [-0.25, -0.2) is 13.6 Å². The molecule has 0 aromatic heterocycles. The van der Waals surface area contributed by atoms with Gasteiger partial charge in [-0.05, 0) is 31.5 Å². The topological polar surface area (TPSA) is 98.5 Å². The van der Waals surface area contributed by atoms with Gasteiger partial charge in [0.05, 0.1) is 27.6 Å². The fraction of sp³-hybridized carbons (Fsp3) is 0.417. The molecule has 1 saturated heterocycles. The number of amides is 1. The van der Waals surface area contributed by atoms with Crippen molar-refractivity contribution in [2.45, 2.75) is 23.8 Å². The summed E-state index contributed by atoms with van der Waals surface area (Å²) in [5.41, 5.74) is -0.399. The van der Waals surface area contributed by atoms with Gasteiger partial charge in [0.25, 0.3) is 5.91 Å². The molecule has 0 radical (unpaired) electrons. The second-order valence-corrected chi connectivity index (χ2v) is 6.97. The van der Waals surface area contributed by atoms with Crippen LogP contribution in [0.5, 0.6) is 0 Å².